The van der Waals surface area contributed by atoms with E-state index in [0.29, 0.717) is 11.3 Å². The van der Waals surface area contributed by atoms with Crippen LogP contribution >= 0.6 is 0 Å². The maximum absolute atomic E-state index is 14.1. The number of rotatable bonds is 6. The minimum atomic E-state index is -1.21. The maximum Gasteiger partial charge on any atom is 0.270 e. The number of carbonyl (C=O) groups excluding carboxylic acids is 1. The average Bonchev–Trinajstić information content (AvgIpc) is 3.24. The minimum absolute atomic E-state index is 0.0831. The van der Waals surface area contributed by atoms with E-state index >= 15 is 0 Å². The van der Waals surface area contributed by atoms with Gasteiger partial charge in [-0.05, 0) is 29.3 Å². The molecule has 2 heterocycles. The van der Waals surface area contributed by atoms with Gasteiger partial charge in [-0.2, -0.15) is 0 Å². The quantitative estimate of drug-likeness (QED) is 0.310. The molecule has 0 amide bonds. The Bertz CT molecular complexity index is 1420. The number of phenols is 1. The van der Waals surface area contributed by atoms with Crippen LogP contribution in [-0.4, -0.2) is 46.0 Å². The summed E-state index contributed by atoms with van der Waals surface area (Å²) in [6.45, 7) is 0. The van der Waals surface area contributed by atoms with E-state index in [4.69, 9.17) is 4.74 Å². The van der Waals surface area contributed by atoms with Crippen molar-refractivity contribution in [3.05, 3.63) is 110 Å². The Morgan fingerprint density at radius 3 is 2.53 bits per heavy atom. The zero-order chi connectivity index (χ0) is 25.6. The molecule has 1 N–H and O–H groups in total. The van der Waals surface area contributed by atoms with Gasteiger partial charge in [0.05, 0.1) is 18.0 Å². The highest BCUT2D eigenvalue weighted by molar-refractivity contribution is 6.04. The van der Waals surface area contributed by atoms with Crippen LogP contribution in [0.2, 0.25) is 0 Å². The molecule has 0 aromatic heterocycles. The topological polar surface area (TPSA) is 136 Å². The third kappa shape index (κ3) is 3.63. The van der Waals surface area contributed by atoms with Gasteiger partial charge < -0.3 is 14.7 Å². The number of nitrogens with zero attached hydrogens (tertiary/aromatic N) is 3. The number of aromatic hydroxyl groups is 1. The predicted octanol–water partition coefficient (Wildman–Crippen LogP) is 4.21. The van der Waals surface area contributed by atoms with Crippen LogP contribution in [0.15, 0.2) is 72.8 Å². The number of benzene rings is 3. The Hall–Kier alpha value is -4.73. The Labute approximate surface area is 205 Å². The number of nitro benzene ring substituents is 1. The second-order valence-corrected chi connectivity index (χ2v) is 8.67. The Kier molecular flexibility index (Phi) is 5.63. The van der Waals surface area contributed by atoms with Crippen LogP contribution in [-0.2, 0) is 0 Å². The summed E-state index contributed by atoms with van der Waals surface area (Å²) >= 11 is 0. The molecule has 0 saturated carbocycles. The molecule has 0 spiro atoms. The van der Waals surface area contributed by atoms with Crippen LogP contribution < -0.4 is 9.64 Å². The van der Waals surface area contributed by atoms with Crippen LogP contribution in [0.3, 0.4) is 0 Å². The van der Waals surface area contributed by atoms with Crippen LogP contribution in [0.5, 0.6) is 11.5 Å². The molecule has 0 unspecified atom stereocenters. The van der Waals surface area contributed by atoms with Gasteiger partial charge in [-0.15, -0.1) is 0 Å². The number of anilines is 1. The van der Waals surface area contributed by atoms with Crippen molar-refractivity contribution in [2.75, 3.05) is 12.0 Å². The molecular formula is C26H21N3O7. The molecule has 1 saturated heterocycles. The third-order valence-electron chi connectivity index (χ3n) is 6.81. The second kappa shape index (κ2) is 8.81. The van der Waals surface area contributed by atoms with Gasteiger partial charge in [0.2, 0.25) is 6.04 Å². The Balaban J connectivity index is 1.73. The highest BCUT2D eigenvalue weighted by Gasteiger charge is 2.59. The molecule has 0 aliphatic carbocycles. The maximum atomic E-state index is 14.1. The second-order valence-electron chi connectivity index (χ2n) is 8.67. The molecule has 36 heavy (non-hydrogen) atoms. The molecule has 4 atom stereocenters. The van der Waals surface area contributed by atoms with E-state index in [1.54, 1.807) is 29.2 Å². The van der Waals surface area contributed by atoms with Crippen molar-refractivity contribution in [1.29, 1.82) is 0 Å². The number of nitro groups is 2. The fourth-order valence-electron chi connectivity index (χ4n) is 5.27. The Morgan fingerprint density at radius 1 is 1.03 bits per heavy atom. The molecule has 10 heteroatoms. The first-order valence-electron chi connectivity index (χ1n) is 11.2. The highest BCUT2D eigenvalue weighted by atomic mass is 16.6. The fraction of sp³-hybridized carbons (Fsp3) is 0.192. The van der Waals surface area contributed by atoms with Crippen LogP contribution in [0, 0.1) is 20.2 Å². The summed E-state index contributed by atoms with van der Waals surface area (Å²) in [7, 11) is 1.37. The van der Waals surface area contributed by atoms with E-state index in [1.807, 2.05) is 18.2 Å². The summed E-state index contributed by atoms with van der Waals surface area (Å²) in [5.74, 6) is -1.43. The van der Waals surface area contributed by atoms with E-state index in [1.165, 1.54) is 43.5 Å². The zero-order valence-corrected chi connectivity index (χ0v) is 19.1. The third-order valence-corrected chi connectivity index (χ3v) is 6.81. The molecule has 10 nitrogen and oxygen atoms in total. The van der Waals surface area contributed by atoms with Gasteiger partial charge >= 0.3 is 0 Å². The Morgan fingerprint density at radius 2 is 1.81 bits per heavy atom. The number of methoxy groups -OCH3 is 1. The molecule has 0 radical (unpaired) electrons. The normalized spacial score (nSPS) is 22.0. The van der Waals surface area contributed by atoms with Crippen molar-refractivity contribution in [3.63, 3.8) is 0 Å². The highest BCUT2D eigenvalue weighted by Crippen LogP contribution is 2.48. The van der Waals surface area contributed by atoms with Gasteiger partial charge in [-0.1, -0.05) is 48.6 Å². The molecule has 0 bridgehead atoms. The van der Waals surface area contributed by atoms with Crippen molar-refractivity contribution in [2.45, 2.75) is 24.0 Å². The first-order chi connectivity index (χ1) is 17.3. The average molecular weight is 487 g/mol. The summed E-state index contributed by atoms with van der Waals surface area (Å²) in [5, 5.41) is 34.0. The van der Waals surface area contributed by atoms with Gasteiger partial charge in [0.1, 0.15) is 12.1 Å². The molecule has 5 rings (SSSR count). The number of para-hydroxylation sites is 1. The summed E-state index contributed by atoms with van der Waals surface area (Å²) in [6, 6.07) is 14.1. The lowest BCUT2D eigenvalue weighted by Crippen LogP contribution is -2.44. The monoisotopic (exact) mass is 487 g/mol. The van der Waals surface area contributed by atoms with E-state index in [-0.39, 0.29) is 27.7 Å². The lowest BCUT2D eigenvalue weighted by atomic mass is 9.83. The molecule has 3 aromatic rings. The predicted molar refractivity (Wildman–Crippen MR) is 131 cm³/mol. The minimum Gasteiger partial charge on any atom is -0.504 e. The van der Waals surface area contributed by atoms with E-state index in [0.717, 1.165) is 5.56 Å². The summed E-state index contributed by atoms with van der Waals surface area (Å²) in [4.78, 5) is 38.7. The van der Waals surface area contributed by atoms with E-state index < -0.39 is 34.7 Å². The lowest BCUT2D eigenvalue weighted by Gasteiger charge is -2.34. The molecule has 1 fully saturated rings. The summed E-state index contributed by atoms with van der Waals surface area (Å²) in [6.07, 6.45) is 3.53. The molecular weight excluding hydrogens is 466 g/mol. The zero-order valence-electron chi connectivity index (χ0n) is 19.1. The SMILES string of the molecule is COc1cc([C@H]2[C@@H]([N+](=O)[O-])[C@H]3C=Cc4ccccc4N3[C@H]2C(=O)c2cccc([N+](=O)[O-])c2)ccc1O. The van der Waals surface area contributed by atoms with Crippen molar-refractivity contribution < 1.29 is 24.5 Å². The van der Waals surface area contributed by atoms with E-state index in [9.17, 15) is 30.1 Å². The molecule has 182 valence electrons. The number of hydrogen-bond donors (Lipinski definition) is 1. The number of fused-ring (bicyclic) bond motifs is 3. The van der Waals surface area contributed by atoms with Crippen LogP contribution in [0.1, 0.15) is 27.4 Å². The number of phenolic OH excluding ortho intramolecular Hbond substituents is 1. The largest absolute Gasteiger partial charge is 0.504 e. The van der Waals surface area contributed by atoms with Gasteiger partial charge in [0.25, 0.3) is 5.69 Å². The molecule has 2 aliphatic heterocycles. The number of ether oxygens (including phenoxy) is 1. The van der Waals surface area contributed by atoms with Crippen LogP contribution in [0.4, 0.5) is 11.4 Å². The van der Waals surface area contributed by atoms with Gasteiger partial charge in [0.15, 0.2) is 17.3 Å². The van der Waals surface area contributed by atoms with E-state index in [2.05, 4.69) is 0 Å². The first-order valence-corrected chi connectivity index (χ1v) is 11.2. The standard InChI is InChI=1S/C26H21N3O7/c1-36-22-14-16(10-12-21(22)30)23-24(29(34)35)20-11-9-15-5-2-3-8-19(15)27(20)25(23)26(31)17-6-4-7-18(13-17)28(32)33/h2-14,20,23-25,30H,1H3/t20-,23+,24+,25-/m1/s1. The van der Waals surface area contributed by atoms with Gasteiger partial charge in [-0.3, -0.25) is 25.0 Å². The summed E-state index contributed by atoms with van der Waals surface area (Å²) < 4.78 is 5.23. The fourth-order valence-corrected chi connectivity index (χ4v) is 5.27. The van der Waals surface area contributed by atoms with Crippen molar-refractivity contribution in [1.82, 2.24) is 0 Å². The summed E-state index contributed by atoms with van der Waals surface area (Å²) in [5.41, 5.74) is 1.74. The van der Waals surface area contributed by atoms with Crippen LogP contribution in [0.25, 0.3) is 6.08 Å². The number of ketones is 1. The molecule has 3 aromatic carbocycles. The number of Topliss-reactive ketones (excluding diaryl/α,β-unsaturated/α-hetero) is 1. The van der Waals surface area contributed by atoms with Gasteiger partial charge in [-0.25, -0.2) is 0 Å². The number of non-ortho nitro benzene ring substituents is 1. The van der Waals surface area contributed by atoms with Crippen molar-refractivity contribution in [2.24, 2.45) is 0 Å². The number of carbonyl (C=O) groups is 1. The first kappa shape index (κ1) is 23.0. The lowest BCUT2D eigenvalue weighted by molar-refractivity contribution is -0.524. The van der Waals surface area contributed by atoms with Gasteiger partial charge in [0, 0.05) is 28.3 Å². The van der Waals surface area contributed by atoms with Crippen molar-refractivity contribution in [3.8, 4) is 11.5 Å². The molecule has 2 aliphatic rings. The van der Waals surface area contributed by atoms with Crippen molar-refractivity contribution >= 4 is 23.2 Å². The number of hydrogen-bond acceptors (Lipinski definition) is 8. The smallest absolute Gasteiger partial charge is 0.270 e.